The number of amides is 1. The second-order valence-electron chi connectivity index (χ2n) is 7.46. The summed E-state index contributed by atoms with van der Waals surface area (Å²) in [6, 6.07) is 0. The summed E-state index contributed by atoms with van der Waals surface area (Å²) in [4.78, 5) is 19.6. The van der Waals surface area contributed by atoms with Gasteiger partial charge in [-0.05, 0) is 37.5 Å². The lowest BCUT2D eigenvalue weighted by Crippen LogP contribution is -2.40. The maximum absolute atomic E-state index is 12.8. The van der Waals surface area contributed by atoms with Crippen LogP contribution in [0.2, 0.25) is 0 Å². The van der Waals surface area contributed by atoms with E-state index in [1.165, 1.54) is 38.5 Å². The summed E-state index contributed by atoms with van der Waals surface area (Å²) < 4.78 is 0. The van der Waals surface area contributed by atoms with Crippen LogP contribution in [0.1, 0.15) is 72.1 Å². The molecule has 0 aromatic carbocycles. The molecule has 2 unspecified atom stereocenters. The van der Waals surface area contributed by atoms with Crippen molar-refractivity contribution >= 4 is 11.6 Å². The Morgan fingerprint density at radius 1 is 1.14 bits per heavy atom. The molecular weight excluding hydrogens is 272 g/mol. The van der Waals surface area contributed by atoms with Crippen molar-refractivity contribution in [3.63, 3.8) is 0 Å². The maximum Gasteiger partial charge on any atom is 0.268 e. The summed E-state index contributed by atoms with van der Waals surface area (Å²) in [6.45, 7) is 8.98. The monoisotopic (exact) mass is 306 g/mol. The van der Waals surface area contributed by atoms with E-state index in [4.69, 9.17) is 4.99 Å². The molecule has 2 rings (SSSR count). The van der Waals surface area contributed by atoms with E-state index in [1.54, 1.807) is 0 Å². The Hall–Kier alpha value is -0.860. The molecular formula is C19H34N2O. The minimum Gasteiger partial charge on any atom is -0.338 e. The van der Waals surface area contributed by atoms with Gasteiger partial charge in [-0.25, -0.2) is 0 Å². The molecule has 1 saturated carbocycles. The zero-order valence-electron chi connectivity index (χ0n) is 14.8. The van der Waals surface area contributed by atoms with Crippen molar-refractivity contribution in [2.75, 3.05) is 19.6 Å². The smallest absolute Gasteiger partial charge is 0.268 e. The number of rotatable bonds is 3. The lowest BCUT2D eigenvalue weighted by atomic mass is 10.0. The van der Waals surface area contributed by atoms with Crippen LogP contribution in [-0.2, 0) is 4.79 Å². The van der Waals surface area contributed by atoms with Crippen LogP contribution >= 0.6 is 0 Å². The normalized spacial score (nSPS) is 28.1. The van der Waals surface area contributed by atoms with Crippen LogP contribution in [0.4, 0.5) is 0 Å². The number of carbonyl (C=O) groups excluding carboxylic acids is 1. The molecule has 1 aliphatic heterocycles. The lowest BCUT2D eigenvalue weighted by Gasteiger charge is -2.24. The van der Waals surface area contributed by atoms with E-state index in [-0.39, 0.29) is 11.8 Å². The molecule has 0 aromatic rings. The summed E-state index contributed by atoms with van der Waals surface area (Å²) in [6.07, 6.45) is 10.2. The number of nitrogens with zero attached hydrogens (tertiary/aromatic N) is 2. The van der Waals surface area contributed by atoms with Crippen LogP contribution in [0.15, 0.2) is 4.99 Å². The fourth-order valence-corrected chi connectivity index (χ4v) is 3.67. The van der Waals surface area contributed by atoms with Gasteiger partial charge >= 0.3 is 0 Å². The first-order valence-corrected chi connectivity index (χ1v) is 9.47. The van der Waals surface area contributed by atoms with Gasteiger partial charge in [-0.15, -0.1) is 0 Å². The van der Waals surface area contributed by atoms with Gasteiger partial charge in [0.2, 0.25) is 0 Å². The average Bonchev–Trinajstić information content (AvgIpc) is 3.22. The van der Waals surface area contributed by atoms with Crippen LogP contribution in [0.25, 0.3) is 0 Å². The van der Waals surface area contributed by atoms with E-state index in [2.05, 4.69) is 20.8 Å². The Morgan fingerprint density at radius 3 is 2.59 bits per heavy atom. The molecule has 2 aliphatic rings. The highest BCUT2D eigenvalue weighted by molar-refractivity contribution is 6.39. The van der Waals surface area contributed by atoms with Crippen molar-refractivity contribution in [2.45, 2.75) is 72.1 Å². The molecule has 0 aromatic heterocycles. The van der Waals surface area contributed by atoms with Gasteiger partial charge in [0.1, 0.15) is 5.71 Å². The third-order valence-corrected chi connectivity index (χ3v) is 5.15. The van der Waals surface area contributed by atoms with Gasteiger partial charge in [0.25, 0.3) is 5.91 Å². The molecule has 0 saturated heterocycles. The van der Waals surface area contributed by atoms with Gasteiger partial charge in [-0.2, -0.15) is 0 Å². The largest absolute Gasteiger partial charge is 0.338 e. The van der Waals surface area contributed by atoms with E-state index >= 15 is 0 Å². The summed E-state index contributed by atoms with van der Waals surface area (Å²) in [5.74, 6) is 2.28. The Morgan fingerprint density at radius 2 is 1.86 bits per heavy atom. The predicted molar refractivity (Wildman–Crippen MR) is 93.3 cm³/mol. The molecule has 3 nitrogen and oxygen atoms in total. The highest BCUT2D eigenvalue weighted by Crippen LogP contribution is 2.44. The second kappa shape index (κ2) is 8.69. The first-order chi connectivity index (χ1) is 10.6. The minimum absolute atomic E-state index is 0.196. The van der Waals surface area contributed by atoms with Gasteiger partial charge in [-0.1, -0.05) is 46.5 Å². The zero-order chi connectivity index (χ0) is 15.9. The van der Waals surface area contributed by atoms with Crippen molar-refractivity contribution in [2.24, 2.45) is 22.7 Å². The molecule has 22 heavy (non-hydrogen) atoms. The maximum atomic E-state index is 12.8. The fraction of sp³-hybridized carbons (Fsp3) is 0.895. The minimum atomic E-state index is 0.196. The van der Waals surface area contributed by atoms with Crippen LogP contribution in [0, 0.1) is 17.8 Å². The highest BCUT2D eigenvalue weighted by Gasteiger charge is 2.35. The van der Waals surface area contributed by atoms with Gasteiger partial charge in [0.05, 0.1) is 0 Å². The molecule has 1 amide bonds. The number of hydrogen-bond acceptors (Lipinski definition) is 2. The molecule has 126 valence electrons. The quantitative estimate of drug-likeness (QED) is 0.764. The summed E-state index contributed by atoms with van der Waals surface area (Å²) in [5, 5.41) is 0. The number of hydrogen-bond donors (Lipinski definition) is 0. The van der Waals surface area contributed by atoms with E-state index in [9.17, 15) is 4.79 Å². The molecule has 0 bridgehead atoms. The van der Waals surface area contributed by atoms with Crippen molar-refractivity contribution in [3.05, 3.63) is 0 Å². The lowest BCUT2D eigenvalue weighted by molar-refractivity contribution is -0.124. The molecule has 2 atom stereocenters. The van der Waals surface area contributed by atoms with Gasteiger partial charge < -0.3 is 4.90 Å². The average molecular weight is 306 g/mol. The summed E-state index contributed by atoms with van der Waals surface area (Å²) in [7, 11) is 0. The second-order valence-corrected chi connectivity index (χ2v) is 7.46. The van der Waals surface area contributed by atoms with Crippen LogP contribution in [-0.4, -0.2) is 36.2 Å². The third kappa shape index (κ3) is 5.10. The first-order valence-electron chi connectivity index (χ1n) is 9.47. The van der Waals surface area contributed by atoms with E-state index in [0.717, 1.165) is 50.0 Å². The van der Waals surface area contributed by atoms with E-state index in [0.29, 0.717) is 0 Å². The standard InChI is InChI=1S/C19H34N2O/c1-4-12-21-13-8-6-5-7-9-16-14-17(16)10-11-20-18(15(2)3)19(21)22/h15-17H,4-14H2,1-3H3. The van der Waals surface area contributed by atoms with Gasteiger partial charge in [-0.3, -0.25) is 9.79 Å². The Labute approximate surface area is 136 Å². The van der Waals surface area contributed by atoms with E-state index in [1.807, 2.05) is 4.90 Å². The van der Waals surface area contributed by atoms with Crippen LogP contribution in [0.3, 0.4) is 0 Å². The molecule has 1 fully saturated rings. The molecule has 0 spiro atoms. The Bertz CT molecular complexity index is 389. The molecule has 1 heterocycles. The SMILES string of the molecule is CCCN1CCCCCCC2CC2CCN=C(C(C)C)C1=O. The zero-order valence-corrected chi connectivity index (χ0v) is 14.8. The van der Waals surface area contributed by atoms with Crippen LogP contribution in [0.5, 0.6) is 0 Å². The summed E-state index contributed by atoms with van der Waals surface area (Å²) >= 11 is 0. The fourth-order valence-electron chi connectivity index (χ4n) is 3.67. The van der Waals surface area contributed by atoms with Gasteiger partial charge in [0.15, 0.2) is 0 Å². The highest BCUT2D eigenvalue weighted by atomic mass is 16.2. The molecule has 1 aliphatic carbocycles. The van der Waals surface area contributed by atoms with Crippen molar-refractivity contribution in [1.29, 1.82) is 0 Å². The number of carbonyl (C=O) groups is 1. The Kier molecular flexibility index (Phi) is 6.91. The summed E-state index contributed by atoms with van der Waals surface area (Å²) in [5.41, 5.74) is 0.808. The molecule has 3 heteroatoms. The van der Waals surface area contributed by atoms with E-state index < -0.39 is 0 Å². The molecule has 0 radical (unpaired) electrons. The van der Waals surface area contributed by atoms with Crippen LogP contribution < -0.4 is 0 Å². The Balaban J connectivity index is 2.05. The predicted octanol–water partition coefficient (Wildman–Crippen LogP) is 4.31. The number of aliphatic imine (C=N–C) groups is 1. The van der Waals surface area contributed by atoms with Crippen molar-refractivity contribution in [1.82, 2.24) is 4.90 Å². The topological polar surface area (TPSA) is 32.7 Å². The number of fused-ring (bicyclic) bond motifs is 1. The first kappa shape index (κ1) is 17.5. The van der Waals surface area contributed by atoms with Crippen molar-refractivity contribution in [3.8, 4) is 0 Å². The third-order valence-electron chi connectivity index (χ3n) is 5.15. The van der Waals surface area contributed by atoms with Gasteiger partial charge in [0, 0.05) is 25.6 Å². The molecule has 0 N–H and O–H groups in total. The van der Waals surface area contributed by atoms with Crippen molar-refractivity contribution < 1.29 is 4.79 Å².